The van der Waals surface area contributed by atoms with Gasteiger partial charge in [0.15, 0.2) is 11.2 Å². The summed E-state index contributed by atoms with van der Waals surface area (Å²) in [5.74, 6) is 0.789. The molecule has 0 atom stereocenters. The van der Waals surface area contributed by atoms with Gasteiger partial charge in [-0.05, 0) is 6.42 Å². The molecule has 0 amide bonds. The summed E-state index contributed by atoms with van der Waals surface area (Å²) < 4.78 is 9.49. The number of ether oxygens (including phenoxy) is 1. The molecule has 0 aliphatic carbocycles. The third-order valence-electron chi connectivity index (χ3n) is 3.65. The predicted molar refractivity (Wildman–Crippen MR) is 84.2 cm³/mol. The fourth-order valence-corrected chi connectivity index (χ4v) is 2.57. The number of aromatic nitrogens is 4. The molecule has 2 N–H and O–H groups in total. The molecule has 0 fully saturated rings. The highest BCUT2D eigenvalue weighted by Crippen LogP contribution is 2.13. The van der Waals surface area contributed by atoms with E-state index < -0.39 is 0 Å². The lowest BCUT2D eigenvalue weighted by molar-refractivity contribution is 0.186. The predicted octanol–water partition coefficient (Wildman–Crippen LogP) is -0.546. The molecule has 2 aromatic heterocycles. The van der Waals surface area contributed by atoms with Gasteiger partial charge in [0.25, 0.3) is 5.56 Å². The van der Waals surface area contributed by atoms with E-state index in [4.69, 9.17) is 10.5 Å². The van der Waals surface area contributed by atoms with Gasteiger partial charge in [-0.2, -0.15) is 0 Å². The van der Waals surface area contributed by atoms with E-state index in [9.17, 15) is 9.59 Å². The second-order valence-corrected chi connectivity index (χ2v) is 5.18. The van der Waals surface area contributed by atoms with Crippen LogP contribution >= 0.6 is 0 Å². The first-order chi connectivity index (χ1) is 10.6. The molecule has 0 radical (unpaired) electrons. The van der Waals surface area contributed by atoms with Crippen LogP contribution in [0.2, 0.25) is 0 Å². The zero-order valence-electron chi connectivity index (χ0n) is 13.3. The molecule has 8 nitrogen and oxygen atoms in total. The summed E-state index contributed by atoms with van der Waals surface area (Å²) in [6.07, 6.45) is 1.63. The SMILES string of the molecule is CCCc1nc2c(c(=O)n(C)c(=O)n2CCOC)n1CCN. The first kappa shape index (κ1) is 16.4. The van der Waals surface area contributed by atoms with Gasteiger partial charge in [-0.1, -0.05) is 6.92 Å². The van der Waals surface area contributed by atoms with Crippen LogP contribution in [0.1, 0.15) is 19.2 Å². The van der Waals surface area contributed by atoms with Crippen LogP contribution < -0.4 is 17.0 Å². The zero-order chi connectivity index (χ0) is 16.3. The third-order valence-corrected chi connectivity index (χ3v) is 3.65. The van der Waals surface area contributed by atoms with Gasteiger partial charge in [-0.15, -0.1) is 0 Å². The Labute approximate surface area is 128 Å². The maximum absolute atomic E-state index is 12.5. The van der Waals surface area contributed by atoms with Crippen LogP contribution in [0.5, 0.6) is 0 Å². The van der Waals surface area contributed by atoms with Crippen LogP contribution in [-0.2, 0) is 31.3 Å². The average molecular weight is 309 g/mol. The first-order valence-corrected chi connectivity index (χ1v) is 7.44. The lowest BCUT2D eigenvalue weighted by Gasteiger charge is -2.09. The standard InChI is InChI=1S/C14H23N5O3/c1-4-5-10-16-12-11(18(10)7-6-15)13(20)17(2)14(21)19(12)8-9-22-3/h4-9,15H2,1-3H3. The summed E-state index contributed by atoms with van der Waals surface area (Å²) in [5, 5.41) is 0. The van der Waals surface area contributed by atoms with Gasteiger partial charge in [-0.3, -0.25) is 13.9 Å². The lowest BCUT2D eigenvalue weighted by atomic mass is 10.3. The van der Waals surface area contributed by atoms with Gasteiger partial charge in [-0.25, -0.2) is 9.78 Å². The van der Waals surface area contributed by atoms with Gasteiger partial charge in [0.1, 0.15) is 5.82 Å². The molecular formula is C14H23N5O3. The number of methoxy groups -OCH3 is 1. The van der Waals surface area contributed by atoms with Crippen LogP contribution in [0, 0.1) is 0 Å². The van der Waals surface area contributed by atoms with Crippen LogP contribution in [0.3, 0.4) is 0 Å². The highest BCUT2D eigenvalue weighted by atomic mass is 16.5. The molecule has 0 aliphatic rings. The molecule has 0 unspecified atom stereocenters. The number of hydrogen-bond acceptors (Lipinski definition) is 5. The van der Waals surface area contributed by atoms with Crippen molar-refractivity contribution in [2.75, 3.05) is 20.3 Å². The van der Waals surface area contributed by atoms with E-state index in [1.807, 2.05) is 11.5 Å². The summed E-state index contributed by atoms with van der Waals surface area (Å²) in [5.41, 5.74) is 5.81. The van der Waals surface area contributed by atoms with E-state index in [1.54, 1.807) is 7.11 Å². The fourth-order valence-electron chi connectivity index (χ4n) is 2.57. The Morgan fingerprint density at radius 1 is 1.23 bits per heavy atom. The van der Waals surface area contributed by atoms with Crippen molar-refractivity contribution in [1.82, 2.24) is 18.7 Å². The summed E-state index contributed by atoms with van der Waals surface area (Å²) in [6, 6.07) is 0. The quantitative estimate of drug-likeness (QED) is 0.740. The molecule has 122 valence electrons. The smallest absolute Gasteiger partial charge is 0.332 e. The summed E-state index contributed by atoms with van der Waals surface area (Å²) in [7, 11) is 3.05. The Hall–Kier alpha value is -1.93. The van der Waals surface area contributed by atoms with Crippen molar-refractivity contribution in [1.29, 1.82) is 0 Å². The van der Waals surface area contributed by atoms with Crippen LogP contribution in [-0.4, -0.2) is 38.9 Å². The van der Waals surface area contributed by atoms with Gasteiger partial charge < -0.3 is 15.0 Å². The van der Waals surface area contributed by atoms with Crippen molar-refractivity contribution in [2.24, 2.45) is 12.8 Å². The molecule has 0 saturated heterocycles. The Kier molecular flexibility index (Phi) is 5.15. The molecule has 2 aromatic rings. The van der Waals surface area contributed by atoms with Gasteiger partial charge in [0.05, 0.1) is 13.2 Å². The van der Waals surface area contributed by atoms with E-state index >= 15 is 0 Å². The molecule has 0 spiro atoms. The lowest BCUT2D eigenvalue weighted by Crippen LogP contribution is -2.39. The number of nitrogens with zero attached hydrogens (tertiary/aromatic N) is 4. The van der Waals surface area contributed by atoms with Gasteiger partial charge in [0, 0.05) is 33.7 Å². The summed E-state index contributed by atoms with van der Waals surface area (Å²) in [6.45, 7) is 3.68. The van der Waals surface area contributed by atoms with Crippen molar-refractivity contribution in [3.63, 3.8) is 0 Å². The highest BCUT2D eigenvalue weighted by Gasteiger charge is 2.19. The van der Waals surface area contributed by atoms with Crippen LogP contribution in [0.4, 0.5) is 0 Å². The van der Waals surface area contributed by atoms with Crippen molar-refractivity contribution in [3.8, 4) is 0 Å². The summed E-state index contributed by atoms with van der Waals surface area (Å²) >= 11 is 0. The van der Waals surface area contributed by atoms with Gasteiger partial charge >= 0.3 is 5.69 Å². The highest BCUT2D eigenvalue weighted by molar-refractivity contribution is 5.71. The number of imidazole rings is 1. The Morgan fingerprint density at radius 3 is 2.55 bits per heavy atom. The number of nitrogens with two attached hydrogens (primary N) is 1. The Morgan fingerprint density at radius 2 is 1.95 bits per heavy atom. The first-order valence-electron chi connectivity index (χ1n) is 7.44. The molecule has 22 heavy (non-hydrogen) atoms. The maximum Gasteiger partial charge on any atom is 0.332 e. The van der Waals surface area contributed by atoms with Crippen LogP contribution in [0.25, 0.3) is 11.2 Å². The monoisotopic (exact) mass is 309 g/mol. The molecule has 2 heterocycles. The maximum atomic E-state index is 12.5. The largest absolute Gasteiger partial charge is 0.383 e. The number of aryl methyl sites for hydroxylation is 1. The second-order valence-electron chi connectivity index (χ2n) is 5.18. The second kappa shape index (κ2) is 6.89. The van der Waals surface area contributed by atoms with E-state index in [0.29, 0.717) is 37.4 Å². The summed E-state index contributed by atoms with van der Waals surface area (Å²) in [4.78, 5) is 29.4. The third kappa shape index (κ3) is 2.71. The Balaban J connectivity index is 2.82. The molecular weight excluding hydrogens is 286 g/mol. The number of hydrogen-bond donors (Lipinski definition) is 1. The topological polar surface area (TPSA) is 97.1 Å². The fraction of sp³-hybridized carbons (Fsp3) is 0.643. The van der Waals surface area contributed by atoms with E-state index in [2.05, 4.69) is 4.98 Å². The number of fused-ring (bicyclic) bond motifs is 1. The van der Waals surface area contributed by atoms with Crippen molar-refractivity contribution >= 4 is 11.2 Å². The van der Waals surface area contributed by atoms with Crippen LogP contribution in [0.15, 0.2) is 9.59 Å². The minimum atomic E-state index is -0.380. The molecule has 8 heteroatoms. The number of rotatable bonds is 7. The average Bonchev–Trinajstić information content (AvgIpc) is 2.84. The molecule has 0 aromatic carbocycles. The molecule has 0 bridgehead atoms. The normalized spacial score (nSPS) is 11.5. The van der Waals surface area contributed by atoms with Gasteiger partial charge in [0.2, 0.25) is 0 Å². The van der Waals surface area contributed by atoms with Crippen molar-refractivity contribution < 1.29 is 4.74 Å². The molecule has 2 rings (SSSR count). The minimum absolute atomic E-state index is 0.336. The van der Waals surface area contributed by atoms with E-state index in [1.165, 1.54) is 11.6 Å². The zero-order valence-corrected chi connectivity index (χ0v) is 13.3. The molecule has 0 saturated carbocycles. The minimum Gasteiger partial charge on any atom is -0.383 e. The Bertz CT molecular complexity index is 771. The van der Waals surface area contributed by atoms with Crippen molar-refractivity contribution in [2.45, 2.75) is 32.9 Å². The molecule has 0 aliphatic heterocycles. The van der Waals surface area contributed by atoms with E-state index in [-0.39, 0.29) is 11.2 Å². The van der Waals surface area contributed by atoms with Crippen molar-refractivity contribution in [3.05, 3.63) is 26.7 Å². The van der Waals surface area contributed by atoms with E-state index in [0.717, 1.165) is 23.2 Å².